The van der Waals surface area contributed by atoms with Crippen LogP contribution in [0.25, 0.3) is 0 Å². The summed E-state index contributed by atoms with van der Waals surface area (Å²) in [5.74, 6) is 0.919. The molecule has 0 spiro atoms. The van der Waals surface area contributed by atoms with Gasteiger partial charge in [-0.05, 0) is 43.4 Å². The van der Waals surface area contributed by atoms with Gasteiger partial charge in [0.2, 0.25) is 0 Å². The Morgan fingerprint density at radius 1 is 1.25 bits per heavy atom. The van der Waals surface area contributed by atoms with Crippen molar-refractivity contribution < 1.29 is 9.84 Å². The molecule has 0 radical (unpaired) electrons. The SMILES string of the molecule is Oc1ccc(Cn2ncc(OC3CCCC3)c2Cl)cc1. The predicted molar refractivity (Wildman–Crippen MR) is 77.3 cm³/mol. The minimum absolute atomic E-state index is 0.255. The van der Waals surface area contributed by atoms with E-state index in [1.807, 2.05) is 12.1 Å². The third-order valence-corrected chi connectivity index (χ3v) is 3.99. The molecule has 1 saturated carbocycles. The van der Waals surface area contributed by atoms with Crippen LogP contribution in [0.3, 0.4) is 0 Å². The molecule has 1 aromatic heterocycles. The van der Waals surface area contributed by atoms with E-state index < -0.39 is 0 Å². The number of halogens is 1. The lowest BCUT2D eigenvalue weighted by Gasteiger charge is -2.11. The maximum atomic E-state index is 9.27. The number of nitrogens with zero attached hydrogens (tertiary/aromatic N) is 2. The number of phenolic OH excluding ortho intramolecular Hbond substituents is 1. The van der Waals surface area contributed by atoms with Crippen molar-refractivity contribution in [1.29, 1.82) is 0 Å². The summed E-state index contributed by atoms with van der Waals surface area (Å²) in [6.07, 6.45) is 6.60. The normalized spacial score (nSPS) is 15.7. The average Bonchev–Trinajstić information content (AvgIpc) is 3.06. The molecule has 0 amide bonds. The molecular weight excluding hydrogens is 276 g/mol. The maximum absolute atomic E-state index is 9.27. The van der Waals surface area contributed by atoms with Crippen molar-refractivity contribution in [3.8, 4) is 11.5 Å². The molecule has 0 saturated heterocycles. The first-order chi connectivity index (χ1) is 9.72. The Morgan fingerprint density at radius 3 is 2.65 bits per heavy atom. The molecule has 3 rings (SSSR count). The number of aromatic nitrogens is 2. The Kier molecular flexibility index (Phi) is 3.83. The zero-order chi connectivity index (χ0) is 13.9. The van der Waals surface area contributed by atoms with Gasteiger partial charge in [0.1, 0.15) is 5.75 Å². The summed E-state index contributed by atoms with van der Waals surface area (Å²) in [6, 6.07) is 7.01. The summed E-state index contributed by atoms with van der Waals surface area (Å²) in [6.45, 7) is 0.563. The molecule has 0 bridgehead atoms. The van der Waals surface area contributed by atoms with Crippen LogP contribution in [-0.4, -0.2) is 21.0 Å². The monoisotopic (exact) mass is 292 g/mol. The van der Waals surface area contributed by atoms with Crippen LogP contribution >= 0.6 is 11.6 Å². The Hall–Kier alpha value is -1.68. The van der Waals surface area contributed by atoms with Crippen molar-refractivity contribution >= 4 is 11.6 Å². The third-order valence-electron chi connectivity index (χ3n) is 3.61. The van der Waals surface area contributed by atoms with Crippen LogP contribution in [0.1, 0.15) is 31.2 Å². The van der Waals surface area contributed by atoms with Gasteiger partial charge in [0.25, 0.3) is 0 Å². The molecule has 0 atom stereocenters. The zero-order valence-electron chi connectivity index (χ0n) is 11.1. The molecule has 1 N–H and O–H groups in total. The van der Waals surface area contributed by atoms with Gasteiger partial charge in [0, 0.05) is 0 Å². The molecule has 1 aromatic carbocycles. The highest BCUT2D eigenvalue weighted by Crippen LogP contribution is 2.29. The molecule has 1 aliphatic carbocycles. The van der Waals surface area contributed by atoms with E-state index >= 15 is 0 Å². The van der Waals surface area contributed by atoms with Gasteiger partial charge in [0.05, 0.1) is 18.8 Å². The molecule has 1 heterocycles. The minimum atomic E-state index is 0.255. The third kappa shape index (κ3) is 2.90. The standard InChI is InChI=1S/C15H17ClN2O2/c16-15-14(20-13-3-1-2-4-13)9-17-18(15)10-11-5-7-12(19)8-6-11/h5-9,13,19H,1-4,10H2. The second kappa shape index (κ2) is 5.75. The maximum Gasteiger partial charge on any atom is 0.176 e. The van der Waals surface area contributed by atoms with Crippen molar-refractivity contribution in [3.05, 3.63) is 41.2 Å². The number of ether oxygens (including phenoxy) is 1. The molecule has 0 aliphatic heterocycles. The van der Waals surface area contributed by atoms with Crippen LogP contribution in [0, 0.1) is 0 Å². The van der Waals surface area contributed by atoms with Crippen LogP contribution < -0.4 is 4.74 Å². The van der Waals surface area contributed by atoms with E-state index in [0.29, 0.717) is 17.4 Å². The molecular formula is C15H17ClN2O2. The van der Waals surface area contributed by atoms with Crippen molar-refractivity contribution in [2.45, 2.75) is 38.3 Å². The molecule has 0 unspecified atom stereocenters. The van der Waals surface area contributed by atoms with Crippen molar-refractivity contribution in [2.24, 2.45) is 0 Å². The van der Waals surface area contributed by atoms with E-state index in [1.165, 1.54) is 12.8 Å². The van der Waals surface area contributed by atoms with E-state index in [4.69, 9.17) is 16.3 Å². The lowest BCUT2D eigenvalue weighted by molar-refractivity contribution is 0.210. The van der Waals surface area contributed by atoms with E-state index in [-0.39, 0.29) is 11.9 Å². The van der Waals surface area contributed by atoms with Crippen molar-refractivity contribution in [2.75, 3.05) is 0 Å². The Morgan fingerprint density at radius 2 is 1.95 bits per heavy atom. The fourth-order valence-electron chi connectivity index (χ4n) is 2.50. The molecule has 5 heteroatoms. The summed E-state index contributed by atoms with van der Waals surface area (Å²) in [7, 11) is 0. The quantitative estimate of drug-likeness (QED) is 0.936. The molecule has 106 valence electrons. The molecule has 20 heavy (non-hydrogen) atoms. The fraction of sp³-hybridized carbons (Fsp3) is 0.400. The average molecular weight is 293 g/mol. The Bertz CT molecular complexity index is 574. The lowest BCUT2D eigenvalue weighted by Crippen LogP contribution is -2.10. The fourth-order valence-corrected chi connectivity index (χ4v) is 2.70. The zero-order valence-corrected chi connectivity index (χ0v) is 11.9. The van der Waals surface area contributed by atoms with Gasteiger partial charge in [-0.2, -0.15) is 5.10 Å². The number of aromatic hydroxyl groups is 1. The Balaban J connectivity index is 1.71. The first-order valence-corrected chi connectivity index (χ1v) is 7.26. The van der Waals surface area contributed by atoms with Gasteiger partial charge in [-0.3, -0.25) is 0 Å². The summed E-state index contributed by atoms with van der Waals surface area (Å²) in [5.41, 5.74) is 1.03. The van der Waals surface area contributed by atoms with Crippen LogP contribution in [0.5, 0.6) is 11.5 Å². The molecule has 1 aliphatic rings. The first-order valence-electron chi connectivity index (χ1n) is 6.88. The minimum Gasteiger partial charge on any atom is -0.508 e. The highest BCUT2D eigenvalue weighted by Gasteiger charge is 2.19. The number of hydrogen-bond donors (Lipinski definition) is 1. The first kappa shape index (κ1) is 13.3. The van der Waals surface area contributed by atoms with E-state index in [1.54, 1.807) is 23.0 Å². The van der Waals surface area contributed by atoms with Crippen LogP contribution in [0.15, 0.2) is 30.5 Å². The highest BCUT2D eigenvalue weighted by molar-refractivity contribution is 6.31. The smallest absolute Gasteiger partial charge is 0.176 e. The van der Waals surface area contributed by atoms with E-state index in [9.17, 15) is 5.11 Å². The van der Waals surface area contributed by atoms with Crippen molar-refractivity contribution in [3.63, 3.8) is 0 Å². The number of hydrogen-bond acceptors (Lipinski definition) is 3. The summed E-state index contributed by atoms with van der Waals surface area (Å²) < 4.78 is 7.59. The highest BCUT2D eigenvalue weighted by atomic mass is 35.5. The van der Waals surface area contributed by atoms with Gasteiger partial charge in [-0.25, -0.2) is 4.68 Å². The van der Waals surface area contributed by atoms with Gasteiger partial charge >= 0.3 is 0 Å². The largest absolute Gasteiger partial charge is 0.508 e. The second-order valence-corrected chi connectivity index (χ2v) is 5.51. The second-order valence-electron chi connectivity index (χ2n) is 5.15. The number of benzene rings is 1. The molecule has 2 aromatic rings. The van der Waals surface area contributed by atoms with Gasteiger partial charge in [-0.1, -0.05) is 23.7 Å². The summed E-state index contributed by atoms with van der Waals surface area (Å²) in [5, 5.41) is 14.1. The molecule has 4 nitrogen and oxygen atoms in total. The van der Waals surface area contributed by atoms with Gasteiger partial charge < -0.3 is 9.84 Å². The topological polar surface area (TPSA) is 47.3 Å². The Labute approximate surface area is 122 Å². The van der Waals surface area contributed by atoms with E-state index in [2.05, 4.69) is 5.10 Å². The number of phenols is 1. The summed E-state index contributed by atoms with van der Waals surface area (Å²) in [4.78, 5) is 0. The van der Waals surface area contributed by atoms with Crippen LogP contribution in [0.4, 0.5) is 0 Å². The number of rotatable bonds is 4. The van der Waals surface area contributed by atoms with Gasteiger partial charge in [-0.15, -0.1) is 0 Å². The van der Waals surface area contributed by atoms with Crippen LogP contribution in [-0.2, 0) is 6.54 Å². The predicted octanol–water partition coefficient (Wildman–Crippen LogP) is 3.61. The lowest BCUT2D eigenvalue weighted by atomic mass is 10.2. The van der Waals surface area contributed by atoms with E-state index in [0.717, 1.165) is 18.4 Å². The van der Waals surface area contributed by atoms with Crippen LogP contribution in [0.2, 0.25) is 5.15 Å². The van der Waals surface area contributed by atoms with Gasteiger partial charge in [0.15, 0.2) is 10.9 Å². The summed E-state index contributed by atoms with van der Waals surface area (Å²) >= 11 is 6.31. The van der Waals surface area contributed by atoms with Crippen molar-refractivity contribution in [1.82, 2.24) is 9.78 Å². The molecule has 1 fully saturated rings.